The lowest BCUT2D eigenvalue weighted by atomic mass is 9.97. The van der Waals surface area contributed by atoms with Crippen molar-refractivity contribution in [3.63, 3.8) is 0 Å². The summed E-state index contributed by atoms with van der Waals surface area (Å²) < 4.78 is 0.829. The minimum atomic E-state index is -0.856. The largest absolute Gasteiger partial charge is 0.465 e. The molecular formula is C13H14BrN3O2. The van der Waals surface area contributed by atoms with Crippen LogP contribution in [0.15, 0.2) is 16.7 Å². The number of anilines is 1. The molecule has 0 radical (unpaired) electrons. The summed E-state index contributed by atoms with van der Waals surface area (Å²) in [4.78, 5) is 16.2. The van der Waals surface area contributed by atoms with Gasteiger partial charge in [-0.25, -0.2) is 9.78 Å². The van der Waals surface area contributed by atoms with Crippen LogP contribution in [0.2, 0.25) is 0 Å². The third-order valence-corrected chi connectivity index (χ3v) is 3.76. The van der Waals surface area contributed by atoms with Gasteiger partial charge in [0, 0.05) is 29.7 Å². The fourth-order valence-corrected chi connectivity index (χ4v) is 2.39. The van der Waals surface area contributed by atoms with Gasteiger partial charge in [-0.2, -0.15) is 0 Å². The van der Waals surface area contributed by atoms with Crippen molar-refractivity contribution in [1.82, 2.24) is 9.88 Å². The second-order valence-corrected chi connectivity index (χ2v) is 5.22. The molecule has 100 valence electrons. The van der Waals surface area contributed by atoms with Gasteiger partial charge in [-0.3, -0.25) is 0 Å². The van der Waals surface area contributed by atoms with E-state index in [2.05, 4.69) is 32.8 Å². The fourth-order valence-electron chi connectivity index (χ4n) is 1.97. The lowest BCUT2D eigenvalue weighted by molar-refractivity contribution is 0.130. The standard InChI is InChI=1S/C13H14BrN3O2/c14-11-3-6-16-12(15)10(11)2-1-9-4-7-17(8-5-9)13(18)19/h3,6,9H,4-5,7-8H2,(H2,15,16)(H,18,19). The van der Waals surface area contributed by atoms with E-state index in [1.54, 1.807) is 12.3 Å². The quantitative estimate of drug-likeness (QED) is 0.717. The van der Waals surface area contributed by atoms with Gasteiger partial charge < -0.3 is 15.7 Å². The highest BCUT2D eigenvalue weighted by molar-refractivity contribution is 9.10. The Morgan fingerprint density at radius 3 is 2.79 bits per heavy atom. The van der Waals surface area contributed by atoms with Crippen molar-refractivity contribution in [1.29, 1.82) is 0 Å². The molecule has 2 rings (SSSR count). The molecule has 0 unspecified atom stereocenters. The first kappa shape index (κ1) is 13.7. The molecule has 3 N–H and O–H groups in total. The fraction of sp³-hybridized carbons (Fsp3) is 0.385. The summed E-state index contributed by atoms with van der Waals surface area (Å²) in [5.41, 5.74) is 6.47. The van der Waals surface area contributed by atoms with E-state index in [9.17, 15) is 4.79 Å². The van der Waals surface area contributed by atoms with Crippen molar-refractivity contribution in [2.45, 2.75) is 12.8 Å². The number of nitrogens with two attached hydrogens (primary N) is 1. The van der Waals surface area contributed by atoms with E-state index in [1.165, 1.54) is 4.90 Å². The van der Waals surface area contributed by atoms with E-state index in [1.807, 2.05) is 0 Å². The molecule has 1 aliphatic heterocycles. The zero-order valence-electron chi connectivity index (χ0n) is 10.3. The Hall–Kier alpha value is -1.74. The molecule has 0 aliphatic carbocycles. The maximum absolute atomic E-state index is 10.8. The number of pyridine rings is 1. The maximum Gasteiger partial charge on any atom is 0.407 e. The number of amides is 1. The molecule has 19 heavy (non-hydrogen) atoms. The Bertz CT molecular complexity index is 522. The number of likely N-dealkylation sites (tertiary alicyclic amines) is 1. The highest BCUT2D eigenvalue weighted by Gasteiger charge is 2.20. The van der Waals surface area contributed by atoms with Crippen molar-refractivity contribution < 1.29 is 9.90 Å². The molecule has 1 saturated heterocycles. The summed E-state index contributed by atoms with van der Waals surface area (Å²) in [5.74, 6) is 6.82. The average molecular weight is 324 g/mol. The molecule has 0 bridgehead atoms. The molecule has 1 aliphatic rings. The normalized spacial score (nSPS) is 15.7. The Labute approximate surface area is 119 Å². The minimum Gasteiger partial charge on any atom is -0.465 e. The summed E-state index contributed by atoms with van der Waals surface area (Å²) in [5, 5.41) is 8.86. The van der Waals surface area contributed by atoms with Crippen LogP contribution >= 0.6 is 15.9 Å². The number of hydrogen-bond acceptors (Lipinski definition) is 3. The molecule has 0 saturated carbocycles. The summed E-state index contributed by atoms with van der Waals surface area (Å²) in [6, 6.07) is 1.80. The first-order chi connectivity index (χ1) is 9.08. The number of aromatic nitrogens is 1. The number of nitrogens with zero attached hydrogens (tertiary/aromatic N) is 2. The van der Waals surface area contributed by atoms with Crippen LogP contribution in [0.25, 0.3) is 0 Å². The van der Waals surface area contributed by atoms with E-state index in [-0.39, 0.29) is 5.92 Å². The SMILES string of the molecule is Nc1nccc(Br)c1C#CC1CCN(C(=O)O)CC1. The Balaban J connectivity index is 2.04. The summed E-state index contributed by atoms with van der Waals surface area (Å²) in [6.07, 6.45) is 2.29. The lowest BCUT2D eigenvalue weighted by Crippen LogP contribution is -2.37. The van der Waals surface area contributed by atoms with Crippen molar-refractivity contribution in [3.8, 4) is 11.8 Å². The van der Waals surface area contributed by atoms with Crippen molar-refractivity contribution in [3.05, 3.63) is 22.3 Å². The van der Waals surface area contributed by atoms with Crippen LogP contribution in [0, 0.1) is 17.8 Å². The molecule has 6 heteroatoms. The van der Waals surface area contributed by atoms with Crippen LogP contribution in [-0.2, 0) is 0 Å². The molecule has 5 nitrogen and oxygen atoms in total. The molecule has 0 aromatic carbocycles. The van der Waals surface area contributed by atoms with E-state index < -0.39 is 6.09 Å². The topological polar surface area (TPSA) is 79.5 Å². The number of carbonyl (C=O) groups is 1. The molecular weight excluding hydrogens is 310 g/mol. The Kier molecular flexibility index (Phi) is 4.27. The molecule has 0 atom stereocenters. The van der Waals surface area contributed by atoms with Crippen molar-refractivity contribution in [2.75, 3.05) is 18.8 Å². The first-order valence-electron chi connectivity index (χ1n) is 5.97. The van der Waals surface area contributed by atoms with E-state index in [0.717, 1.165) is 17.3 Å². The minimum absolute atomic E-state index is 0.210. The highest BCUT2D eigenvalue weighted by atomic mass is 79.9. The monoisotopic (exact) mass is 323 g/mol. The number of hydrogen-bond donors (Lipinski definition) is 2. The second-order valence-electron chi connectivity index (χ2n) is 4.37. The van der Waals surface area contributed by atoms with Gasteiger partial charge in [-0.15, -0.1) is 0 Å². The zero-order chi connectivity index (χ0) is 13.8. The van der Waals surface area contributed by atoms with Crippen LogP contribution in [0.5, 0.6) is 0 Å². The van der Waals surface area contributed by atoms with Crippen LogP contribution in [0.1, 0.15) is 18.4 Å². The third kappa shape index (κ3) is 3.38. The van der Waals surface area contributed by atoms with Gasteiger partial charge in [0.05, 0.1) is 5.56 Å². The maximum atomic E-state index is 10.8. The average Bonchev–Trinajstić information content (AvgIpc) is 2.38. The Morgan fingerprint density at radius 1 is 1.53 bits per heavy atom. The van der Waals surface area contributed by atoms with Gasteiger partial charge in [0.1, 0.15) is 5.82 Å². The summed E-state index contributed by atoms with van der Waals surface area (Å²) >= 11 is 3.39. The molecule has 2 heterocycles. The van der Waals surface area contributed by atoms with Gasteiger partial charge in [0.25, 0.3) is 0 Å². The first-order valence-corrected chi connectivity index (χ1v) is 6.76. The van der Waals surface area contributed by atoms with Gasteiger partial charge in [0.2, 0.25) is 0 Å². The molecule has 1 aromatic heterocycles. The summed E-state index contributed by atoms with van der Waals surface area (Å²) in [6.45, 7) is 1.08. The Morgan fingerprint density at radius 2 is 2.21 bits per heavy atom. The van der Waals surface area contributed by atoms with Gasteiger partial charge in [-0.05, 0) is 34.8 Å². The number of nitrogen functional groups attached to an aromatic ring is 1. The highest BCUT2D eigenvalue weighted by Crippen LogP contribution is 2.20. The number of piperidine rings is 1. The predicted octanol–water partition coefficient (Wildman–Crippen LogP) is 2.17. The van der Waals surface area contributed by atoms with E-state index in [4.69, 9.17) is 10.8 Å². The van der Waals surface area contributed by atoms with E-state index >= 15 is 0 Å². The van der Waals surface area contributed by atoms with Crippen LogP contribution in [0.4, 0.5) is 10.6 Å². The zero-order valence-corrected chi connectivity index (χ0v) is 11.9. The number of halogens is 1. The third-order valence-electron chi connectivity index (χ3n) is 3.10. The van der Waals surface area contributed by atoms with Crippen LogP contribution in [-0.4, -0.2) is 34.2 Å². The smallest absolute Gasteiger partial charge is 0.407 e. The van der Waals surface area contributed by atoms with Gasteiger partial charge >= 0.3 is 6.09 Å². The van der Waals surface area contributed by atoms with Crippen molar-refractivity contribution in [2.24, 2.45) is 5.92 Å². The van der Waals surface area contributed by atoms with Crippen LogP contribution in [0.3, 0.4) is 0 Å². The summed E-state index contributed by atoms with van der Waals surface area (Å²) in [7, 11) is 0. The predicted molar refractivity (Wildman–Crippen MR) is 75.5 cm³/mol. The van der Waals surface area contributed by atoms with E-state index in [0.29, 0.717) is 24.5 Å². The van der Waals surface area contributed by atoms with Crippen LogP contribution < -0.4 is 5.73 Å². The molecule has 1 aromatic rings. The number of rotatable bonds is 0. The number of carboxylic acid groups (broad SMARTS) is 1. The van der Waals surface area contributed by atoms with Crippen molar-refractivity contribution >= 4 is 27.8 Å². The molecule has 1 amide bonds. The van der Waals surface area contributed by atoms with Gasteiger partial charge in [0.15, 0.2) is 0 Å². The molecule has 1 fully saturated rings. The second kappa shape index (κ2) is 5.93. The lowest BCUT2D eigenvalue weighted by Gasteiger charge is -2.27. The van der Waals surface area contributed by atoms with Gasteiger partial charge in [-0.1, -0.05) is 11.8 Å². The molecule has 0 spiro atoms.